The number of amides is 1. The van der Waals surface area contributed by atoms with Crippen LogP contribution in [0.1, 0.15) is 30.5 Å². The van der Waals surface area contributed by atoms with Crippen LogP contribution in [0.3, 0.4) is 0 Å². The molecule has 0 aromatic carbocycles. The number of rotatable bonds is 8. The third-order valence-corrected chi connectivity index (χ3v) is 5.96. The highest BCUT2D eigenvalue weighted by molar-refractivity contribution is 8.01. The average Bonchev–Trinajstić information content (AvgIpc) is 3.17. The first kappa shape index (κ1) is 18.0. The zero-order valence-electron chi connectivity index (χ0n) is 12.9. The second-order valence-electron chi connectivity index (χ2n) is 4.68. The molecule has 1 N–H and O–H groups in total. The lowest BCUT2D eigenvalue weighted by molar-refractivity contribution is -0.142. The van der Waals surface area contributed by atoms with E-state index >= 15 is 0 Å². The Hall–Kier alpha value is -1.38. The van der Waals surface area contributed by atoms with Gasteiger partial charge in [0.25, 0.3) is 0 Å². The Kier molecular flexibility index (Phi) is 7.07. The van der Waals surface area contributed by atoms with E-state index in [1.54, 1.807) is 18.3 Å². The van der Waals surface area contributed by atoms with Gasteiger partial charge in [-0.3, -0.25) is 9.59 Å². The van der Waals surface area contributed by atoms with Gasteiger partial charge in [0.05, 0.1) is 30.5 Å². The SMILES string of the molecule is CCOC(=O)Cc1csc(SCC(=O)N[C@H](C)c2cccs2)n1. The fourth-order valence-corrected chi connectivity index (χ4v) is 4.21. The van der Waals surface area contributed by atoms with Crippen LogP contribution < -0.4 is 5.32 Å². The predicted molar refractivity (Wildman–Crippen MR) is 94.1 cm³/mol. The maximum atomic E-state index is 12.0. The van der Waals surface area contributed by atoms with Crippen molar-refractivity contribution in [3.63, 3.8) is 0 Å². The maximum Gasteiger partial charge on any atom is 0.311 e. The molecule has 0 saturated heterocycles. The molecule has 1 atom stereocenters. The number of hydrogen-bond acceptors (Lipinski definition) is 7. The van der Waals surface area contributed by atoms with Gasteiger partial charge in [0.1, 0.15) is 0 Å². The van der Waals surface area contributed by atoms with Crippen LogP contribution in [-0.4, -0.2) is 29.2 Å². The molecule has 124 valence electrons. The van der Waals surface area contributed by atoms with Gasteiger partial charge in [-0.1, -0.05) is 17.8 Å². The summed E-state index contributed by atoms with van der Waals surface area (Å²) in [4.78, 5) is 28.8. The first-order valence-electron chi connectivity index (χ1n) is 7.14. The fourth-order valence-electron chi connectivity index (χ4n) is 1.81. The number of thiophene rings is 1. The van der Waals surface area contributed by atoms with Crippen LogP contribution in [0.15, 0.2) is 27.2 Å². The number of carbonyl (C=O) groups is 2. The lowest BCUT2D eigenvalue weighted by atomic mass is 10.3. The molecule has 2 aromatic rings. The van der Waals surface area contributed by atoms with Crippen LogP contribution >= 0.6 is 34.4 Å². The molecule has 2 aromatic heterocycles. The monoisotopic (exact) mass is 370 g/mol. The molecule has 0 aliphatic heterocycles. The molecule has 0 unspecified atom stereocenters. The number of thiazole rings is 1. The van der Waals surface area contributed by atoms with Gasteiger partial charge in [0, 0.05) is 10.3 Å². The number of thioether (sulfide) groups is 1. The van der Waals surface area contributed by atoms with Crippen molar-refractivity contribution in [2.45, 2.75) is 30.6 Å². The van der Waals surface area contributed by atoms with E-state index in [1.807, 2.05) is 29.8 Å². The number of esters is 1. The van der Waals surface area contributed by atoms with Crippen LogP contribution in [-0.2, 0) is 20.7 Å². The summed E-state index contributed by atoms with van der Waals surface area (Å²) in [6, 6.07) is 3.99. The van der Waals surface area contributed by atoms with Crippen LogP contribution in [0.5, 0.6) is 0 Å². The van der Waals surface area contributed by atoms with Crippen molar-refractivity contribution < 1.29 is 14.3 Å². The van der Waals surface area contributed by atoms with Gasteiger partial charge in [-0.15, -0.1) is 22.7 Å². The lowest BCUT2D eigenvalue weighted by Gasteiger charge is -2.11. The van der Waals surface area contributed by atoms with E-state index in [4.69, 9.17) is 4.74 Å². The maximum absolute atomic E-state index is 12.0. The highest BCUT2D eigenvalue weighted by Gasteiger charge is 2.13. The minimum Gasteiger partial charge on any atom is -0.466 e. The van der Waals surface area contributed by atoms with E-state index < -0.39 is 0 Å². The fraction of sp³-hybridized carbons (Fsp3) is 0.400. The normalized spacial score (nSPS) is 11.9. The molecule has 0 fully saturated rings. The predicted octanol–water partition coefficient (Wildman–Crippen LogP) is 3.28. The van der Waals surface area contributed by atoms with Gasteiger partial charge in [0.15, 0.2) is 4.34 Å². The Morgan fingerprint density at radius 3 is 2.96 bits per heavy atom. The summed E-state index contributed by atoms with van der Waals surface area (Å²) in [6.45, 7) is 4.11. The minimum absolute atomic E-state index is 0.0127. The van der Waals surface area contributed by atoms with E-state index in [1.165, 1.54) is 23.1 Å². The van der Waals surface area contributed by atoms with Gasteiger partial charge >= 0.3 is 5.97 Å². The van der Waals surface area contributed by atoms with Gasteiger partial charge in [-0.2, -0.15) is 0 Å². The number of aromatic nitrogens is 1. The molecule has 1 amide bonds. The van der Waals surface area contributed by atoms with Crippen molar-refractivity contribution in [3.05, 3.63) is 33.5 Å². The second kappa shape index (κ2) is 9.05. The molecular formula is C15H18N2O3S3. The summed E-state index contributed by atoms with van der Waals surface area (Å²) in [7, 11) is 0. The Bertz CT molecular complexity index is 640. The van der Waals surface area contributed by atoms with Crippen molar-refractivity contribution in [2.75, 3.05) is 12.4 Å². The van der Waals surface area contributed by atoms with Crippen LogP contribution in [0.25, 0.3) is 0 Å². The van der Waals surface area contributed by atoms with E-state index in [0.29, 0.717) is 18.1 Å². The molecule has 0 bridgehead atoms. The van der Waals surface area contributed by atoms with Gasteiger partial charge in [0.2, 0.25) is 5.91 Å². The molecule has 0 spiro atoms. The topological polar surface area (TPSA) is 68.3 Å². The first-order valence-corrected chi connectivity index (χ1v) is 9.88. The zero-order valence-corrected chi connectivity index (χ0v) is 15.4. The minimum atomic E-state index is -0.281. The van der Waals surface area contributed by atoms with E-state index in [0.717, 1.165) is 9.22 Å². The first-order chi connectivity index (χ1) is 11.1. The molecular weight excluding hydrogens is 352 g/mol. The summed E-state index contributed by atoms with van der Waals surface area (Å²) in [5.41, 5.74) is 0.684. The summed E-state index contributed by atoms with van der Waals surface area (Å²) in [6.07, 6.45) is 0.173. The largest absolute Gasteiger partial charge is 0.466 e. The van der Waals surface area contributed by atoms with Crippen molar-refractivity contribution in [1.29, 1.82) is 0 Å². The van der Waals surface area contributed by atoms with Gasteiger partial charge < -0.3 is 10.1 Å². The Labute approximate surface area is 147 Å². The Balaban J connectivity index is 1.76. The summed E-state index contributed by atoms with van der Waals surface area (Å²) < 4.78 is 5.67. The second-order valence-corrected chi connectivity index (χ2v) is 7.74. The lowest BCUT2D eigenvalue weighted by Crippen LogP contribution is -2.27. The molecule has 0 aliphatic rings. The van der Waals surface area contributed by atoms with Crippen molar-refractivity contribution in [3.8, 4) is 0 Å². The Morgan fingerprint density at radius 2 is 2.26 bits per heavy atom. The third kappa shape index (κ3) is 5.96. The third-order valence-electron chi connectivity index (χ3n) is 2.84. The quantitative estimate of drug-likeness (QED) is 0.570. The highest BCUT2D eigenvalue weighted by atomic mass is 32.2. The van der Waals surface area contributed by atoms with Crippen LogP contribution in [0.2, 0.25) is 0 Å². The van der Waals surface area contributed by atoms with Crippen LogP contribution in [0, 0.1) is 0 Å². The molecule has 0 aliphatic carbocycles. The van der Waals surface area contributed by atoms with Crippen molar-refractivity contribution in [1.82, 2.24) is 10.3 Å². The van der Waals surface area contributed by atoms with Crippen molar-refractivity contribution >= 4 is 46.3 Å². The average molecular weight is 371 g/mol. The van der Waals surface area contributed by atoms with E-state index in [2.05, 4.69) is 10.3 Å². The van der Waals surface area contributed by atoms with Gasteiger partial charge in [-0.05, 0) is 25.3 Å². The smallest absolute Gasteiger partial charge is 0.311 e. The van der Waals surface area contributed by atoms with Crippen molar-refractivity contribution in [2.24, 2.45) is 0 Å². The molecule has 8 heteroatoms. The number of hydrogen-bond donors (Lipinski definition) is 1. The van der Waals surface area contributed by atoms with Gasteiger partial charge in [-0.25, -0.2) is 4.98 Å². The van der Waals surface area contributed by atoms with E-state index in [-0.39, 0.29) is 24.3 Å². The number of nitrogens with zero attached hydrogens (tertiary/aromatic N) is 1. The molecule has 0 radical (unpaired) electrons. The molecule has 5 nitrogen and oxygen atoms in total. The summed E-state index contributed by atoms with van der Waals surface area (Å²) in [5.74, 6) is -0.00266. The number of carbonyl (C=O) groups excluding carboxylic acids is 2. The van der Waals surface area contributed by atoms with Crippen LogP contribution in [0.4, 0.5) is 0 Å². The number of ether oxygens (including phenoxy) is 1. The zero-order chi connectivity index (χ0) is 16.7. The summed E-state index contributed by atoms with van der Waals surface area (Å²) >= 11 is 4.43. The number of nitrogens with one attached hydrogen (secondary N) is 1. The Morgan fingerprint density at radius 1 is 1.43 bits per heavy atom. The standard InChI is InChI=1S/C15H18N2O3S3/c1-3-20-14(19)7-11-8-22-15(17-11)23-9-13(18)16-10(2)12-5-4-6-21-12/h4-6,8,10H,3,7,9H2,1-2H3,(H,16,18)/t10-/m1/s1. The van der Waals surface area contributed by atoms with E-state index in [9.17, 15) is 9.59 Å². The molecule has 2 rings (SSSR count). The molecule has 2 heterocycles. The summed E-state index contributed by atoms with van der Waals surface area (Å²) in [5, 5.41) is 6.78. The highest BCUT2D eigenvalue weighted by Crippen LogP contribution is 2.23. The molecule has 23 heavy (non-hydrogen) atoms. The molecule has 0 saturated carbocycles.